The maximum atomic E-state index is 11.4. The average Bonchev–Trinajstić information content (AvgIpc) is 2.16. The third kappa shape index (κ3) is 1.69. The molecule has 0 bridgehead atoms. The summed E-state index contributed by atoms with van der Waals surface area (Å²) >= 11 is 5.59. The van der Waals surface area contributed by atoms with Crippen LogP contribution in [0.3, 0.4) is 0 Å². The molecule has 0 saturated heterocycles. The number of carboxylic acids is 1. The van der Waals surface area contributed by atoms with Gasteiger partial charge in [0.15, 0.2) is 0 Å². The number of hydrogen-bond acceptors (Lipinski definition) is 3. The van der Waals surface area contributed by atoms with Crippen molar-refractivity contribution in [3.05, 3.63) is 45.5 Å². The van der Waals surface area contributed by atoms with E-state index in [1.165, 1.54) is 18.3 Å². The van der Waals surface area contributed by atoms with E-state index in [-0.39, 0.29) is 10.7 Å². The topological polar surface area (TPSA) is 71.7 Å². The van der Waals surface area contributed by atoms with Crippen molar-refractivity contribution in [3.8, 4) is 0 Å². The van der Waals surface area contributed by atoms with E-state index in [0.29, 0.717) is 5.65 Å². The van der Waals surface area contributed by atoms with Crippen LogP contribution >= 0.6 is 11.6 Å². The van der Waals surface area contributed by atoms with Crippen LogP contribution in [0.2, 0.25) is 5.15 Å². The van der Waals surface area contributed by atoms with Gasteiger partial charge in [-0.3, -0.25) is 9.20 Å². The Labute approximate surface area is 88.6 Å². The Kier molecular flexibility index (Phi) is 2.17. The van der Waals surface area contributed by atoms with Gasteiger partial charge in [-0.2, -0.15) is 0 Å². The van der Waals surface area contributed by atoms with E-state index < -0.39 is 11.5 Å². The van der Waals surface area contributed by atoms with Crippen molar-refractivity contribution in [2.24, 2.45) is 0 Å². The molecule has 0 fully saturated rings. The van der Waals surface area contributed by atoms with Crippen molar-refractivity contribution >= 4 is 23.2 Å². The number of rotatable bonds is 1. The summed E-state index contributed by atoms with van der Waals surface area (Å²) in [5.41, 5.74) is -0.0701. The highest BCUT2D eigenvalue weighted by Crippen LogP contribution is 2.06. The largest absolute Gasteiger partial charge is 0.478 e. The summed E-state index contributed by atoms with van der Waals surface area (Å²) in [6.45, 7) is 0. The number of halogens is 1. The van der Waals surface area contributed by atoms with Crippen LogP contribution in [0.15, 0.2) is 29.2 Å². The molecule has 15 heavy (non-hydrogen) atoms. The molecule has 0 atom stereocenters. The van der Waals surface area contributed by atoms with Crippen LogP contribution in [0.25, 0.3) is 5.65 Å². The van der Waals surface area contributed by atoms with Crippen LogP contribution in [0.1, 0.15) is 10.4 Å². The Hall–Kier alpha value is -1.88. The lowest BCUT2D eigenvalue weighted by Crippen LogP contribution is -2.14. The molecule has 0 amide bonds. The number of hydrogen-bond donors (Lipinski definition) is 1. The predicted octanol–water partition coefficient (Wildman–Crippen LogP) is 1.05. The Morgan fingerprint density at radius 2 is 2.20 bits per heavy atom. The first-order valence-corrected chi connectivity index (χ1v) is 4.38. The number of carbonyl (C=O) groups is 1. The first-order chi connectivity index (χ1) is 7.08. The van der Waals surface area contributed by atoms with Gasteiger partial charge in [-0.1, -0.05) is 11.6 Å². The number of nitrogens with zero attached hydrogens (tertiary/aromatic N) is 2. The van der Waals surface area contributed by atoms with Gasteiger partial charge >= 0.3 is 5.97 Å². The Morgan fingerprint density at radius 3 is 2.87 bits per heavy atom. The Bertz CT molecular complexity index is 606. The summed E-state index contributed by atoms with van der Waals surface area (Å²) in [5.74, 6) is -1.10. The van der Waals surface area contributed by atoms with Crippen LogP contribution in [-0.4, -0.2) is 20.5 Å². The average molecular weight is 225 g/mol. The van der Waals surface area contributed by atoms with E-state index in [1.807, 2.05) is 0 Å². The van der Waals surface area contributed by atoms with Crippen LogP contribution < -0.4 is 5.56 Å². The maximum Gasteiger partial charge on any atom is 0.337 e. The minimum absolute atomic E-state index is 0.0220. The van der Waals surface area contributed by atoms with E-state index in [0.717, 1.165) is 10.5 Å². The van der Waals surface area contributed by atoms with Crippen LogP contribution in [0.5, 0.6) is 0 Å². The van der Waals surface area contributed by atoms with Crippen molar-refractivity contribution in [2.75, 3.05) is 0 Å². The number of pyridine rings is 1. The third-order valence-electron chi connectivity index (χ3n) is 1.88. The van der Waals surface area contributed by atoms with Gasteiger partial charge in [-0.25, -0.2) is 9.78 Å². The van der Waals surface area contributed by atoms with Crippen molar-refractivity contribution in [3.63, 3.8) is 0 Å². The van der Waals surface area contributed by atoms with Crippen molar-refractivity contribution in [2.45, 2.75) is 0 Å². The summed E-state index contributed by atoms with van der Waals surface area (Å²) < 4.78 is 1.13. The number of aromatic nitrogens is 2. The molecule has 0 radical (unpaired) electrons. The normalized spacial score (nSPS) is 10.5. The van der Waals surface area contributed by atoms with Crippen molar-refractivity contribution < 1.29 is 9.90 Å². The monoisotopic (exact) mass is 224 g/mol. The standard InChI is InChI=1S/C9H5ClN2O3/c10-6-3-8(13)12-4-5(9(14)15)1-2-7(12)11-6/h1-4H,(H,14,15). The van der Waals surface area contributed by atoms with E-state index in [1.54, 1.807) is 0 Å². The zero-order chi connectivity index (χ0) is 11.0. The molecule has 0 spiro atoms. The van der Waals surface area contributed by atoms with E-state index in [2.05, 4.69) is 4.98 Å². The van der Waals surface area contributed by atoms with Gasteiger partial charge < -0.3 is 5.11 Å². The second-order valence-corrected chi connectivity index (χ2v) is 3.26. The Balaban J connectivity index is 2.83. The zero-order valence-corrected chi connectivity index (χ0v) is 8.10. The summed E-state index contributed by atoms with van der Waals surface area (Å²) in [6, 6.07) is 3.91. The fraction of sp³-hybridized carbons (Fsp3) is 0. The summed E-state index contributed by atoms with van der Waals surface area (Å²) in [6.07, 6.45) is 1.21. The highest BCUT2D eigenvalue weighted by molar-refractivity contribution is 6.29. The number of fused-ring (bicyclic) bond motifs is 1. The molecule has 0 aromatic carbocycles. The molecule has 0 aliphatic heterocycles. The van der Waals surface area contributed by atoms with Gasteiger partial charge in [0.05, 0.1) is 5.56 Å². The molecule has 2 rings (SSSR count). The molecular formula is C9H5ClN2O3. The van der Waals surface area contributed by atoms with Crippen LogP contribution in [0.4, 0.5) is 0 Å². The summed E-state index contributed by atoms with van der Waals surface area (Å²) in [7, 11) is 0. The quantitative estimate of drug-likeness (QED) is 0.735. The molecule has 2 aromatic heterocycles. The van der Waals surface area contributed by atoms with Crippen molar-refractivity contribution in [1.82, 2.24) is 9.38 Å². The summed E-state index contributed by atoms with van der Waals surface area (Å²) in [4.78, 5) is 26.0. The smallest absolute Gasteiger partial charge is 0.337 e. The lowest BCUT2D eigenvalue weighted by molar-refractivity contribution is 0.0696. The molecule has 2 heterocycles. The first-order valence-electron chi connectivity index (χ1n) is 4.00. The summed E-state index contributed by atoms with van der Waals surface area (Å²) in [5, 5.41) is 8.81. The van der Waals surface area contributed by atoms with Gasteiger partial charge in [0, 0.05) is 12.3 Å². The van der Waals surface area contributed by atoms with Crippen LogP contribution in [-0.2, 0) is 0 Å². The minimum atomic E-state index is -1.10. The molecule has 0 saturated carbocycles. The molecular weight excluding hydrogens is 220 g/mol. The second-order valence-electron chi connectivity index (χ2n) is 2.87. The molecule has 0 aliphatic carbocycles. The van der Waals surface area contributed by atoms with E-state index in [9.17, 15) is 9.59 Å². The highest BCUT2D eigenvalue weighted by Gasteiger charge is 2.05. The molecule has 0 aliphatic rings. The van der Waals surface area contributed by atoms with Gasteiger partial charge in [0.1, 0.15) is 10.8 Å². The van der Waals surface area contributed by atoms with Crippen molar-refractivity contribution in [1.29, 1.82) is 0 Å². The van der Waals surface area contributed by atoms with Gasteiger partial charge in [-0.05, 0) is 12.1 Å². The fourth-order valence-corrected chi connectivity index (χ4v) is 1.38. The highest BCUT2D eigenvalue weighted by atomic mass is 35.5. The van der Waals surface area contributed by atoms with Crippen LogP contribution in [0, 0.1) is 0 Å². The lowest BCUT2D eigenvalue weighted by atomic mass is 10.3. The zero-order valence-electron chi connectivity index (χ0n) is 7.35. The van der Waals surface area contributed by atoms with E-state index >= 15 is 0 Å². The molecule has 0 unspecified atom stereocenters. The maximum absolute atomic E-state index is 11.4. The van der Waals surface area contributed by atoms with E-state index in [4.69, 9.17) is 16.7 Å². The molecule has 1 N–H and O–H groups in total. The lowest BCUT2D eigenvalue weighted by Gasteiger charge is -2.01. The Morgan fingerprint density at radius 1 is 1.47 bits per heavy atom. The van der Waals surface area contributed by atoms with Gasteiger partial charge in [0.2, 0.25) is 0 Å². The molecule has 76 valence electrons. The first kappa shape index (κ1) is 9.67. The molecule has 6 heteroatoms. The minimum Gasteiger partial charge on any atom is -0.478 e. The third-order valence-corrected chi connectivity index (χ3v) is 2.07. The second kappa shape index (κ2) is 3.36. The SMILES string of the molecule is O=C(O)c1ccc2nc(Cl)cc(=O)n2c1. The molecule has 2 aromatic rings. The predicted molar refractivity (Wildman–Crippen MR) is 53.4 cm³/mol. The number of carboxylic acid groups (broad SMARTS) is 1. The van der Waals surface area contributed by atoms with Gasteiger partial charge in [-0.15, -0.1) is 0 Å². The van der Waals surface area contributed by atoms with Gasteiger partial charge in [0.25, 0.3) is 5.56 Å². The molecule has 5 nitrogen and oxygen atoms in total. The number of aromatic carboxylic acids is 1. The fourth-order valence-electron chi connectivity index (χ4n) is 1.20.